The number of rotatable bonds is 3. The van der Waals surface area contributed by atoms with E-state index in [1.165, 1.54) is 0 Å². The van der Waals surface area contributed by atoms with Gasteiger partial charge in [0.25, 0.3) is 0 Å². The summed E-state index contributed by atoms with van der Waals surface area (Å²) in [4.78, 5) is 4.54. The Kier molecular flexibility index (Phi) is 4.40. The number of benzene rings is 1. The molecule has 1 fully saturated rings. The van der Waals surface area contributed by atoms with Gasteiger partial charge in [-0.3, -0.25) is 0 Å². The molecule has 0 aromatic heterocycles. The van der Waals surface area contributed by atoms with Gasteiger partial charge in [-0.05, 0) is 38.2 Å². The first-order valence-electron chi connectivity index (χ1n) is 6.63. The summed E-state index contributed by atoms with van der Waals surface area (Å²) < 4.78 is 0. The van der Waals surface area contributed by atoms with Crippen LogP contribution < -0.4 is 10.6 Å². The van der Waals surface area contributed by atoms with Crippen molar-refractivity contribution in [3.05, 3.63) is 28.8 Å². The lowest BCUT2D eigenvalue weighted by atomic mass is 10.1. The van der Waals surface area contributed by atoms with E-state index >= 15 is 0 Å². The number of halogens is 1. The molecule has 6 heteroatoms. The predicted molar refractivity (Wildman–Crippen MR) is 82.8 cm³/mol. The molecule has 1 saturated heterocycles. The van der Waals surface area contributed by atoms with Gasteiger partial charge in [0.2, 0.25) is 0 Å². The van der Waals surface area contributed by atoms with Gasteiger partial charge in [-0.25, -0.2) is 0 Å². The third kappa shape index (κ3) is 2.83. The number of nitrogens with two attached hydrogens (primary N) is 1. The zero-order chi connectivity index (χ0) is 14.9. The summed E-state index contributed by atoms with van der Waals surface area (Å²) >= 11 is 6.34. The number of nitrogens with zero attached hydrogens (tertiary/aromatic N) is 3. The maximum Gasteiger partial charge on any atom is 0.170 e. The van der Waals surface area contributed by atoms with Gasteiger partial charge in [0.1, 0.15) is 0 Å². The molecule has 20 heavy (non-hydrogen) atoms. The lowest BCUT2D eigenvalue weighted by Gasteiger charge is -2.23. The molecule has 0 radical (unpaired) electrons. The third-order valence-corrected chi connectivity index (χ3v) is 4.23. The average Bonchev–Trinajstić information content (AvgIpc) is 2.79. The zero-order valence-electron chi connectivity index (χ0n) is 12.0. The van der Waals surface area contributed by atoms with Crippen molar-refractivity contribution < 1.29 is 5.21 Å². The van der Waals surface area contributed by atoms with Crippen molar-refractivity contribution in [3.63, 3.8) is 0 Å². The molecule has 2 unspecified atom stereocenters. The number of likely N-dealkylation sites (N-methyl/N-ethyl adjacent to an activating group) is 1. The van der Waals surface area contributed by atoms with Crippen molar-refractivity contribution in [1.82, 2.24) is 4.90 Å². The van der Waals surface area contributed by atoms with Gasteiger partial charge in [-0.1, -0.05) is 23.7 Å². The summed E-state index contributed by atoms with van der Waals surface area (Å²) in [6.07, 6.45) is 0. The van der Waals surface area contributed by atoms with Gasteiger partial charge < -0.3 is 20.7 Å². The molecule has 2 atom stereocenters. The number of hydrogen-bond acceptors (Lipinski definition) is 4. The molecule has 1 aromatic rings. The van der Waals surface area contributed by atoms with E-state index < -0.39 is 0 Å². The second kappa shape index (κ2) is 5.89. The summed E-state index contributed by atoms with van der Waals surface area (Å²) in [6, 6.07) is 6.01. The van der Waals surface area contributed by atoms with Crippen LogP contribution in [0.1, 0.15) is 12.5 Å². The van der Waals surface area contributed by atoms with E-state index in [9.17, 15) is 0 Å². The summed E-state index contributed by atoms with van der Waals surface area (Å²) in [6.45, 7) is 4.19. The van der Waals surface area contributed by atoms with Gasteiger partial charge in [-0.2, -0.15) is 0 Å². The van der Waals surface area contributed by atoms with Crippen molar-refractivity contribution >= 4 is 23.1 Å². The van der Waals surface area contributed by atoms with Crippen molar-refractivity contribution in [2.45, 2.75) is 13.0 Å². The highest BCUT2D eigenvalue weighted by Crippen LogP contribution is 2.32. The van der Waals surface area contributed by atoms with E-state index in [-0.39, 0.29) is 5.84 Å². The highest BCUT2D eigenvalue weighted by atomic mass is 35.5. The average molecular weight is 297 g/mol. The van der Waals surface area contributed by atoms with Crippen LogP contribution in [0.25, 0.3) is 0 Å². The Balaban J connectivity index is 2.23. The van der Waals surface area contributed by atoms with E-state index in [1.54, 1.807) is 6.07 Å². The molecule has 0 amide bonds. The van der Waals surface area contributed by atoms with Gasteiger partial charge in [-0.15, -0.1) is 0 Å². The minimum absolute atomic E-state index is 0.0689. The van der Waals surface area contributed by atoms with Crippen molar-refractivity contribution in [2.75, 3.05) is 32.1 Å². The summed E-state index contributed by atoms with van der Waals surface area (Å²) in [5.74, 6) is 0.657. The Morgan fingerprint density at radius 3 is 2.65 bits per heavy atom. The molecule has 0 aliphatic carbocycles. The topological polar surface area (TPSA) is 65.1 Å². The Hall–Kier alpha value is -1.46. The normalized spacial score (nSPS) is 23.6. The molecular weight excluding hydrogens is 276 g/mol. The van der Waals surface area contributed by atoms with Gasteiger partial charge in [0.05, 0.1) is 10.7 Å². The van der Waals surface area contributed by atoms with E-state index in [4.69, 9.17) is 22.5 Å². The van der Waals surface area contributed by atoms with Crippen molar-refractivity contribution in [1.29, 1.82) is 0 Å². The van der Waals surface area contributed by atoms with Crippen LogP contribution in [0.2, 0.25) is 5.02 Å². The van der Waals surface area contributed by atoms with Crippen LogP contribution in [-0.2, 0) is 0 Å². The largest absolute Gasteiger partial charge is 0.409 e. The second-order valence-corrected chi connectivity index (χ2v) is 5.97. The molecule has 1 heterocycles. The van der Waals surface area contributed by atoms with E-state index in [2.05, 4.69) is 36.0 Å². The molecule has 110 valence electrons. The van der Waals surface area contributed by atoms with Gasteiger partial charge in [0.15, 0.2) is 5.84 Å². The minimum Gasteiger partial charge on any atom is -0.409 e. The van der Waals surface area contributed by atoms with E-state index in [1.807, 2.05) is 12.1 Å². The van der Waals surface area contributed by atoms with Gasteiger partial charge in [0, 0.05) is 24.7 Å². The third-order valence-electron chi connectivity index (χ3n) is 3.93. The SMILES string of the molecule is CC1CN(c2ccc(/C(N)=N/O)cc2Cl)CC1N(C)C. The molecule has 0 saturated carbocycles. The smallest absolute Gasteiger partial charge is 0.170 e. The van der Waals surface area contributed by atoms with Crippen LogP contribution in [0.15, 0.2) is 23.4 Å². The fourth-order valence-electron chi connectivity index (χ4n) is 2.80. The van der Waals surface area contributed by atoms with Crippen LogP contribution >= 0.6 is 11.6 Å². The maximum atomic E-state index is 8.69. The predicted octanol–water partition coefficient (Wildman–Crippen LogP) is 1.82. The Morgan fingerprint density at radius 1 is 1.45 bits per heavy atom. The number of oxime groups is 1. The second-order valence-electron chi connectivity index (χ2n) is 5.56. The minimum atomic E-state index is 0.0689. The van der Waals surface area contributed by atoms with Crippen LogP contribution in [0.4, 0.5) is 5.69 Å². The zero-order valence-corrected chi connectivity index (χ0v) is 12.8. The first-order chi connectivity index (χ1) is 9.43. The van der Waals surface area contributed by atoms with Crippen LogP contribution in [0, 0.1) is 5.92 Å². The number of amidine groups is 1. The van der Waals surface area contributed by atoms with Crippen molar-refractivity contribution in [3.8, 4) is 0 Å². The van der Waals surface area contributed by atoms with Crippen LogP contribution in [0.5, 0.6) is 0 Å². The molecule has 0 spiro atoms. The first kappa shape index (κ1) is 14.9. The monoisotopic (exact) mass is 296 g/mol. The van der Waals surface area contributed by atoms with Gasteiger partial charge >= 0.3 is 0 Å². The van der Waals surface area contributed by atoms with Crippen molar-refractivity contribution in [2.24, 2.45) is 16.8 Å². The molecule has 1 aliphatic rings. The Bertz CT molecular complexity index is 518. The lowest BCUT2D eigenvalue weighted by molar-refractivity contribution is 0.266. The maximum absolute atomic E-state index is 8.69. The molecule has 0 bridgehead atoms. The quantitative estimate of drug-likeness (QED) is 0.386. The molecule has 5 nitrogen and oxygen atoms in total. The van der Waals surface area contributed by atoms with E-state index in [0.29, 0.717) is 22.5 Å². The summed E-state index contributed by atoms with van der Waals surface area (Å²) in [5.41, 5.74) is 7.19. The fourth-order valence-corrected chi connectivity index (χ4v) is 3.10. The van der Waals surface area contributed by atoms with Crippen LogP contribution in [-0.4, -0.2) is 49.2 Å². The number of hydrogen-bond donors (Lipinski definition) is 2. The highest BCUT2D eigenvalue weighted by Gasteiger charge is 2.31. The molecule has 1 aliphatic heterocycles. The highest BCUT2D eigenvalue weighted by molar-refractivity contribution is 6.33. The van der Waals surface area contributed by atoms with Crippen LogP contribution in [0.3, 0.4) is 0 Å². The number of anilines is 1. The molecular formula is C14H21ClN4O. The Morgan fingerprint density at radius 2 is 2.15 bits per heavy atom. The molecule has 1 aromatic carbocycles. The standard InChI is InChI=1S/C14H21ClN4O/c1-9-7-19(8-13(9)18(2)3)12-5-4-10(6-11(12)15)14(16)17-20/h4-6,9,13,20H,7-8H2,1-3H3,(H2,16,17). The fraction of sp³-hybridized carbons (Fsp3) is 0.500. The molecule has 3 N–H and O–H groups in total. The van der Waals surface area contributed by atoms with E-state index in [0.717, 1.165) is 18.8 Å². The summed E-state index contributed by atoms with van der Waals surface area (Å²) in [5, 5.41) is 12.3. The molecule has 2 rings (SSSR count). The summed E-state index contributed by atoms with van der Waals surface area (Å²) in [7, 11) is 4.21. The Labute approximate surface area is 124 Å². The first-order valence-corrected chi connectivity index (χ1v) is 7.00. The lowest BCUT2D eigenvalue weighted by Crippen LogP contribution is -2.34.